The van der Waals surface area contributed by atoms with Gasteiger partial charge in [-0.25, -0.2) is 4.79 Å². The molecule has 0 atom stereocenters. The van der Waals surface area contributed by atoms with E-state index in [0.29, 0.717) is 25.9 Å². The summed E-state index contributed by atoms with van der Waals surface area (Å²) < 4.78 is 38.1. The number of carbonyl (C=O) groups is 2. The van der Waals surface area contributed by atoms with Crippen LogP contribution in [0.4, 0.5) is 23.7 Å². The molecule has 1 heterocycles. The van der Waals surface area contributed by atoms with Gasteiger partial charge in [-0.05, 0) is 31.0 Å². The maximum absolute atomic E-state index is 12.7. The Balaban J connectivity index is 1.94. The van der Waals surface area contributed by atoms with Crippen LogP contribution < -0.4 is 5.32 Å². The molecule has 0 aliphatic carbocycles. The summed E-state index contributed by atoms with van der Waals surface area (Å²) in [4.78, 5) is 27.1. The van der Waals surface area contributed by atoms with Crippen LogP contribution >= 0.6 is 0 Å². The average Bonchev–Trinajstić information content (AvgIpc) is 2.53. The van der Waals surface area contributed by atoms with Crippen LogP contribution in [0.3, 0.4) is 0 Å². The van der Waals surface area contributed by atoms with Gasteiger partial charge in [-0.3, -0.25) is 4.79 Å². The van der Waals surface area contributed by atoms with E-state index >= 15 is 0 Å². The van der Waals surface area contributed by atoms with Gasteiger partial charge >= 0.3 is 12.2 Å². The van der Waals surface area contributed by atoms with Gasteiger partial charge in [0.2, 0.25) is 5.91 Å². The van der Waals surface area contributed by atoms with Crippen molar-refractivity contribution in [3.8, 4) is 0 Å². The predicted molar refractivity (Wildman–Crippen MR) is 83.5 cm³/mol. The SMILES string of the molecule is CN(C)C(=O)C1CCN(C(=O)Nc2cccc(C(F)(F)F)c2)CC1. The minimum absolute atomic E-state index is 0.0351. The highest BCUT2D eigenvalue weighted by Crippen LogP contribution is 2.30. The molecule has 5 nitrogen and oxygen atoms in total. The maximum Gasteiger partial charge on any atom is 0.416 e. The van der Waals surface area contributed by atoms with Gasteiger partial charge in [0.25, 0.3) is 0 Å². The Morgan fingerprint density at radius 2 is 1.83 bits per heavy atom. The number of anilines is 1. The highest BCUT2D eigenvalue weighted by molar-refractivity contribution is 5.89. The normalized spacial score (nSPS) is 16.0. The zero-order chi connectivity index (χ0) is 17.9. The molecule has 1 aromatic carbocycles. The maximum atomic E-state index is 12.7. The molecular weight excluding hydrogens is 323 g/mol. The molecule has 132 valence electrons. The molecule has 3 amide bonds. The van der Waals surface area contributed by atoms with Crippen LogP contribution in [0.5, 0.6) is 0 Å². The molecule has 0 saturated carbocycles. The fourth-order valence-electron chi connectivity index (χ4n) is 2.67. The molecule has 0 bridgehead atoms. The predicted octanol–water partition coefficient (Wildman–Crippen LogP) is 3.04. The number of piperidine rings is 1. The quantitative estimate of drug-likeness (QED) is 0.897. The van der Waals surface area contributed by atoms with Gasteiger partial charge in [-0.15, -0.1) is 0 Å². The number of hydrogen-bond donors (Lipinski definition) is 1. The Hall–Kier alpha value is -2.25. The van der Waals surface area contributed by atoms with E-state index in [9.17, 15) is 22.8 Å². The van der Waals surface area contributed by atoms with Gasteiger partial charge in [0.15, 0.2) is 0 Å². The first-order chi connectivity index (χ1) is 11.2. The molecule has 1 aliphatic heterocycles. The first-order valence-electron chi connectivity index (χ1n) is 7.63. The van der Waals surface area contributed by atoms with Gasteiger partial charge in [-0.2, -0.15) is 13.2 Å². The molecule has 8 heteroatoms. The molecule has 1 N–H and O–H groups in total. The van der Waals surface area contributed by atoms with E-state index < -0.39 is 17.8 Å². The van der Waals surface area contributed by atoms with Crippen LogP contribution in [-0.2, 0) is 11.0 Å². The summed E-state index contributed by atoms with van der Waals surface area (Å²) in [5, 5.41) is 2.48. The lowest BCUT2D eigenvalue weighted by molar-refractivity contribution is -0.137. The monoisotopic (exact) mass is 343 g/mol. The number of nitrogens with one attached hydrogen (secondary N) is 1. The molecule has 0 radical (unpaired) electrons. The number of amides is 3. The zero-order valence-electron chi connectivity index (χ0n) is 13.6. The van der Waals surface area contributed by atoms with E-state index in [4.69, 9.17) is 0 Å². The standard InChI is InChI=1S/C16H20F3N3O2/c1-21(2)14(23)11-6-8-22(9-7-11)15(24)20-13-5-3-4-12(10-13)16(17,18)19/h3-5,10-11H,6-9H2,1-2H3,(H,20,24). The first kappa shape index (κ1) is 18.1. The number of alkyl halides is 3. The molecule has 1 aromatic rings. The zero-order valence-corrected chi connectivity index (χ0v) is 13.6. The van der Waals surface area contributed by atoms with Gasteiger partial charge < -0.3 is 15.1 Å². The Morgan fingerprint density at radius 3 is 2.38 bits per heavy atom. The molecule has 0 aromatic heterocycles. The second kappa shape index (κ2) is 7.11. The fraction of sp³-hybridized carbons (Fsp3) is 0.500. The van der Waals surface area contributed by atoms with Crippen LogP contribution in [0.2, 0.25) is 0 Å². The number of likely N-dealkylation sites (tertiary alicyclic amines) is 1. The Bertz CT molecular complexity index is 609. The average molecular weight is 343 g/mol. The van der Waals surface area contributed by atoms with Crippen LogP contribution in [0.15, 0.2) is 24.3 Å². The Labute approximate surface area is 138 Å². The highest BCUT2D eigenvalue weighted by atomic mass is 19.4. The van der Waals surface area contributed by atoms with Crippen LogP contribution in [-0.4, -0.2) is 48.9 Å². The van der Waals surface area contributed by atoms with Crippen LogP contribution in [0.1, 0.15) is 18.4 Å². The van der Waals surface area contributed by atoms with Crippen LogP contribution in [0, 0.1) is 5.92 Å². The van der Waals surface area contributed by atoms with Crippen molar-refractivity contribution in [1.29, 1.82) is 0 Å². The lowest BCUT2D eigenvalue weighted by Crippen LogP contribution is -2.44. The Kier molecular flexibility index (Phi) is 5.36. The van der Waals surface area contributed by atoms with Crippen molar-refractivity contribution in [2.75, 3.05) is 32.5 Å². The fourth-order valence-corrected chi connectivity index (χ4v) is 2.67. The lowest BCUT2D eigenvalue weighted by Gasteiger charge is -2.32. The van der Waals surface area contributed by atoms with Crippen molar-refractivity contribution >= 4 is 17.6 Å². The van der Waals surface area contributed by atoms with E-state index in [0.717, 1.165) is 12.1 Å². The van der Waals surface area contributed by atoms with E-state index in [1.807, 2.05) is 0 Å². The third kappa shape index (κ3) is 4.39. The Morgan fingerprint density at radius 1 is 1.21 bits per heavy atom. The largest absolute Gasteiger partial charge is 0.416 e. The number of nitrogens with zero attached hydrogens (tertiary/aromatic N) is 2. The highest BCUT2D eigenvalue weighted by Gasteiger charge is 2.31. The van der Waals surface area contributed by atoms with E-state index in [1.165, 1.54) is 21.9 Å². The van der Waals surface area contributed by atoms with Gasteiger partial charge in [-0.1, -0.05) is 6.07 Å². The van der Waals surface area contributed by atoms with E-state index in [-0.39, 0.29) is 17.5 Å². The molecule has 2 rings (SSSR count). The summed E-state index contributed by atoms with van der Waals surface area (Å²) in [7, 11) is 3.38. The number of halogens is 3. The summed E-state index contributed by atoms with van der Waals surface area (Å²) in [6.45, 7) is 0.796. The lowest BCUT2D eigenvalue weighted by atomic mass is 9.96. The second-order valence-electron chi connectivity index (χ2n) is 6.00. The summed E-state index contributed by atoms with van der Waals surface area (Å²) in [6.07, 6.45) is -3.36. The second-order valence-corrected chi connectivity index (χ2v) is 6.00. The summed E-state index contributed by atoms with van der Waals surface area (Å²) in [5.74, 6) is -0.0782. The van der Waals surface area contributed by atoms with Crippen molar-refractivity contribution in [3.05, 3.63) is 29.8 Å². The molecule has 24 heavy (non-hydrogen) atoms. The number of hydrogen-bond acceptors (Lipinski definition) is 2. The van der Waals surface area contributed by atoms with Crippen molar-refractivity contribution < 1.29 is 22.8 Å². The number of urea groups is 1. The molecular formula is C16H20F3N3O2. The number of benzene rings is 1. The number of carbonyl (C=O) groups excluding carboxylic acids is 2. The van der Waals surface area contributed by atoms with Gasteiger partial charge in [0, 0.05) is 38.8 Å². The molecule has 1 fully saturated rings. The van der Waals surface area contributed by atoms with Crippen molar-refractivity contribution in [1.82, 2.24) is 9.80 Å². The van der Waals surface area contributed by atoms with E-state index in [1.54, 1.807) is 14.1 Å². The minimum Gasteiger partial charge on any atom is -0.349 e. The third-order valence-corrected chi connectivity index (χ3v) is 4.01. The van der Waals surface area contributed by atoms with Gasteiger partial charge in [0.1, 0.15) is 0 Å². The third-order valence-electron chi connectivity index (χ3n) is 4.01. The number of rotatable bonds is 2. The van der Waals surface area contributed by atoms with Crippen molar-refractivity contribution in [3.63, 3.8) is 0 Å². The molecule has 0 spiro atoms. The van der Waals surface area contributed by atoms with Crippen LogP contribution in [0.25, 0.3) is 0 Å². The summed E-state index contributed by atoms with van der Waals surface area (Å²) in [5.41, 5.74) is -0.711. The first-order valence-corrected chi connectivity index (χ1v) is 7.63. The topological polar surface area (TPSA) is 52.7 Å². The van der Waals surface area contributed by atoms with Gasteiger partial charge in [0.05, 0.1) is 5.56 Å². The molecule has 0 unspecified atom stereocenters. The minimum atomic E-state index is -4.45. The van der Waals surface area contributed by atoms with Crippen molar-refractivity contribution in [2.45, 2.75) is 19.0 Å². The summed E-state index contributed by atoms with van der Waals surface area (Å²) >= 11 is 0. The summed E-state index contributed by atoms with van der Waals surface area (Å²) in [6, 6.07) is 4.06. The molecule has 1 saturated heterocycles. The van der Waals surface area contributed by atoms with Crippen molar-refractivity contribution in [2.24, 2.45) is 5.92 Å². The molecule has 1 aliphatic rings. The smallest absolute Gasteiger partial charge is 0.349 e. The van der Waals surface area contributed by atoms with E-state index in [2.05, 4.69) is 5.32 Å².